The molecule has 3 aromatic rings. The number of H-pyrrole nitrogens is 2. The Labute approximate surface area is 124 Å². The van der Waals surface area contributed by atoms with E-state index in [1.165, 1.54) is 24.3 Å². The number of carbonyl (C=O) groups excluding carboxylic acids is 1. The number of imidazole rings is 1. The SMILES string of the molecule is O=C(/C=C/c1cccc(F)c1)Nc1ccc2[nH]c(=O)[nH]c2c1. The molecule has 3 N–H and O–H groups in total. The summed E-state index contributed by atoms with van der Waals surface area (Å²) < 4.78 is 13.0. The first kappa shape index (κ1) is 13.8. The van der Waals surface area contributed by atoms with Gasteiger partial charge in [0.2, 0.25) is 5.91 Å². The third-order valence-corrected chi connectivity index (χ3v) is 3.06. The van der Waals surface area contributed by atoms with Gasteiger partial charge in [0, 0.05) is 11.8 Å². The Morgan fingerprint density at radius 1 is 1.09 bits per heavy atom. The average molecular weight is 297 g/mol. The summed E-state index contributed by atoms with van der Waals surface area (Å²) in [5, 5.41) is 2.67. The first-order valence-electron chi connectivity index (χ1n) is 6.57. The van der Waals surface area contributed by atoms with Crippen LogP contribution in [0.15, 0.2) is 53.3 Å². The molecule has 0 saturated heterocycles. The number of benzene rings is 2. The Morgan fingerprint density at radius 2 is 1.91 bits per heavy atom. The van der Waals surface area contributed by atoms with Crippen molar-refractivity contribution in [3.05, 3.63) is 70.4 Å². The van der Waals surface area contributed by atoms with Gasteiger partial charge in [-0.3, -0.25) is 4.79 Å². The van der Waals surface area contributed by atoms with E-state index in [0.717, 1.165) is 0 Å². The highest BCUT2D eigenvalue weighted by molar-refractivity contribution is 6.02. The number of hydrogen-bond acceptors (Lipinski definition) is 2. The van der Waals surface area contributed by atoms with E-state index in [2.05, 4.69) is 15.3 Å². The molecule has 0 fully saturated rings. The van der Waals surface area contributed by atoms with E-state index in [1.807, 2.05) is 0 Å². The molecule has 0 unspecified atom stereocenters. The summed E-state index contributed by atoms with van der Waals surface area (Å²) in [6, 6.07) is 11.0. The zero-order valence-corrected chi connectivity index (χ0v) is 11.4. The van der Waals surface area contributed by atoms with E-state index in [0.29, 0.717) is 22.3 Å². The highest BCUT2D eigenvalue weighted by atomic mass is 19.1. The molecule has 0 aliphatic carbocycles. The third kappa shape index (κ3) is 3.12. The molecule has 0 bridgehead atoms. The largest absolute Gasteiger partial charge is 0.323 e. The van der Waals surface area contributed by atoms with Crippen LogP contribution in [0.2, 0.25) is 0 Å². The fourth-order valence-corrected chi connectivity index (χ4v) is 2.08. The van der Waals surface area contributed by atoms with Crippen molar-refractivity contribution in [1.29, 1.82) is 0 Å². The molecule has 3 rings (SSSR count). The van der Waals surface area contributed by atoms with E-state index in [9.17, 15) is 14.0 Å². The average Bonchev–Trinajstić information content (AvgIpc) is 2.84. The van der Waals surface area contributed by atoms with Crippen molar-refractivity contribution in [3.8, 4) is 0 Å². The number of rotatable bonds is 3. The van der Waals surface area contributed by atoms with Gasteiger partial charge in [0.05, 0.1) is 11.0 Å². The van der Waals surface area contributed by atoms with Gasteiger partial charge in [0.1, 0.15) is 5.82 Å². The summed E-state index contributed by atoms with van der Waals surface area (Å²) in [4.78, 5) is 28.2. The number of aromatic amines is 2. The highest BCUT2D eigenvalue weighted by Crippen LogP contribution is 2.14. The van der Waals surface area contributed by atoms with Gasteiger partial charge in [-0.15, -0.1) is 0 Å². The molecule has 1 heterocycles. The Hall–Kier alpha value is -3.15. The molecular formula is C16H12FN3O2. The fourth-order valence-electron chi connectivity index (χ4n) is 2.08. The molecule has 0 radical (unpaired) electrons. The second-order valence-corrected chi connectivity index (χ2v) is 4.72. The van der Waals surface area contributed by atoms with Gasteiger partial charge in [-0.05, 0) is 42.0 Å². The molecule has 2 aromatic carbocycles. The lowest BCUT2D eigenvalue weighted by Crippen LogP contribution is -2.07. The Bertz CT molecular complexity index is 924. The lowest BCUT2D eigenvalue weighted by atomic mass is 10.2. The minimum atomic E-state index is -0.357. The minimum Gasteiger partial charge on any atom is -0.322 e. The molecule has 0 atom stereocenters. The third-order valence-electron chi connectivity index (χ3n) is 3.06. The van der Waals surface area contributed by atoms with E-state index in [4.69, 9.17) is 0 Å². The van der Waals surface area contributed by atoms with Crippen molar-refractivity contribution in [3.63, 3.8) is 0 Å². The minimum absolute atomic E-state index is 0.301. The highest BCUT2D eigenvalue weighted by Gasteiger charge is 2.02. The smallest absolute Gasteiger partial charge is 0.322 e. The van der Waals surface area contributed by atoms with Crippen LogP contribution in [0.1, 0.15) is 5.56 Å². The van der Waals surface area contributed by atoms with Crippen molar-refractivity contribution in [2.24, 2.45) is 0 Å². The molecule has 5 nitrogen and oxygen atoms in total. The van der Waals surface area contributed by atoms with Gasteiger partial charge in [0.15, 0.2) is 0 Å². The topological polar surface area (TPSA) is 77.8 Å². The zero-order chi connectivity index (χ0) is 15.5. The molecule has 0 aliphatic heterocycles. The molecule has 1 aromatic heterocycles. The van der Waals surface area contributed by atoms with E-state index in [1.54, 1.807) is 30.3 Å². The van der Waals surface area contributed by atoms with Crippen molar-refractivity contribution >= 4 is 28.7 Å². The maximum Gasteiger partial charge on any atom is 0.323 e. The Balaban J connectivity index is 1.73. The van der Waals surface area contributed by atoms with Crippen LogP contribution < -0.4 is 11.0 Å². The molecule has 0 saturated carbocycles. The normalized spacial score (nSPS) is 11.1. The number of carbonyl (C=O) groups is 1. The van der Waals surface area contributed by atoms with Crippen LogP contribution in [0.4, 0.5) is 10.1 Å². The van der Waals surface area contributed by atoms with Crippen molar-refractivity contribution in [2.75, 3.05) is 5.32 Å². The molecule has 1 amide bonds. The number of anilines is 1. The number of amides is 1. The number of nitrogens with one attached hydrogen (secondary N) is 3. The van der Waals surface area contributed by atoms with Gasteiger partial charge in [0.25, 0.3) is 0 Å². The Morgan fingerprint density at radius 3 is 2.73 bits per heavy atom. The molecule has 0 spiro atoms. The van der Waals surface area contributed by atoms with E-state index in [-0.39, 0.29) is 17.4 Å². The lowest BCUT2D eigenvalue weighted by Gasteiger charge is -2.01. The second-order valence-electron chi connectivity index (χ2n) is 4.72. The van der Waals surface area contributed by atoms with Gasteiger partial charge >= 0.3 is 5.69 Å². The molecular weight excluding hydrogens is 285 g/mol. The van der Waals surface area contributed by atoms with Crippen LogP contribution in [0, 0.1) is 5.82 Å². The van der Waals surface area contributed by atoms with Crippen LogP contribution in [-0.2, 0) is 4.79 Å². The van der Waals surface area contributed by atoms with Crippen LogP contribution >= 0.6 is 0 Å². The lowest BCUT2D eigenvalue weighted by molar-refractivity contribution is -0.111. The quantitative estimate of drug-likeness (QED) is 0.650. The molecule has 22 heavy (non-hydrogen) atoms. The van der Waals surface area contributed by atoms with Crippen LogP contribution in [0.5, 0.6) is 0 Å². The van der Waals surface area contributed by atoms with Crippen molar-refractivity contribution in [2.45, 2.75) is 0 Å². The first-order chi connectivity index (χ1) is 10.6. The summed E-state index contributed by atoms with van der Waals surface area (Å²) in [5.74, 6) is -0.703. The van der Waals surface area contributed by atoms with Crippen LogP contribution in [0.3, 0.4) is 0 Å². The number of fused-ring (bicyclic) bond motifs is 1. The number of hydrogen-bond donors (Lipinski definition) is 3. The predicted molar refractivity (Wildman–Crippen MR) is 83.0 cm³/mol. The molecule has 6 heteroatoms. The second kappa shape index (κ2) is 5.69. The van der Waals surface area contributed by atoms with Gasteiger partial charge in [-0.25, -0.2) is 9.18 Å². The molecule has 0 aliphatic rings. The van der Waals surface area contributed by atoms with Gasteiger partial charge in [-0.2, -0.15) is 0 Å². The summed E-state index contributed by atoms with van der Waals surface area (Å²) in [5.41, 5.74) is 2.12. The maximum atomic E-state index is 13.0. The Kier molecular flexibility index (Phi) is 3.57. The maximum absolute atomic E-state index is 13.0. The first-order valence-corrected chi connectivity index (χ1v) is 6.57. The van der Waals surface area contributed by atoms with E-state index >= 15 is 0 Å². The predicted octanol–water partition coefficient (Wildman–Crippen LogP) is 2.65. The summed E-state index contributed by atoms with van der Waals surface area (Å²) in [6.45, 7) is 0. The summed E-state index contributed by atoms with van der Waals surface area (Å²) in [6.07, 6.45) is 2.84. The van der Waals surface area contributed by atoms with Gasteiger partial charge < -0.3 is 15.3 Å². The van der Waals surface area contributed by atoms with Gasteiger partial charge in [-0.1, -0.05) is 12.1 Å². The number of aromatic nitrogens is 2. The summed E-state index contributed by atoms with van der Waals surface area (Å²) >= 11 is 0. The van der Waals surface area contributed by atoms with Crippen LogP contribution in [-0.4, -0.2) is 15.9 Å². The standard InChI is InChI=1S/C16H12FN3O2/c17-11-3-1-2-10(8-11)4-7-15(21)18-12-5-6-13-14(9-12)20-16(22)19-13/h1-9H,(H,18,21)(H2,19,20,22)/b7-4+. The monoisotopic (exact) mass is 297 g/mol. The number of halogens is 1. The zero-order valence-electron chi connectivity index (χ0n) is 11.4. The molecule has 110 valence electrons. The van der Waals surface area contributed by atoms with E-state index < -0.39 is 0 Å². The summed E-state index contributed by atoms with van der Waals surface area (Å²) in [7, 11) is 0. The van der Waals surface area contributed by atoms with Crippen LogP contribution in [0.25, 0.3) is 17.1 Å². The van der Waals surface area contributed by atoms with Crippen molar-refractivity contribution in [1.82, 2.24) is 9.97 Å². The van der Waals surface area contributed by atoms with Crippen molar-refractivity contribution < 1.29 is 9.18 Å². The fraction of sp³-hybridized carbons (Fsp3) is 0.